The number of amides is 3. The normalized spacial score (nSPS) is 20.5. The summed E-state index contributed by atoms with van der Waals surface area (Å²) in [5.41, 5.74) is 1.05. The van der Waals surface area contributed by atoms with Crippen molar-refractivity contribution in [1.29, 1.82) is 0 Å². The molecule has 1 atom stereocenters. The van der Waals surface area contributed by atoms with Gasteiger partial charge in [0.15, 0.2) is 0 Å². The Morgan fingerprint density at radius 1 is 1.19 bits per heavy atom. The van der Waals surface area contributed by atoms with E-state index in [4.69, 9.17) is 0 Å². The first-order valence-corrected chi connectivity index (χ1v) is 9.69. The molecule has 1 aromatic heterocycles. The van der Waals surface area contributed by atoms with Crippen molar-refractivity contribution in [2.75, 3.05) is 32.7 Å². The second kappa shape index (κ2) is 6.72. The van der Waals surface area contributed by atoms with E-state index in [0.29, 0.717) is 19.6 Å². The average molecular weight is 371 g/mol. The second-order valence-corrected chi connectivity index (χ2v) is 7.92. The lowest BCUT2D eigenvalue weighted by Gasteiger charge is -2.27. The number of nitrogens with zero attached hydrogens (tertiary/aromatic N) is 2. The molecule has 2 aromatic rings. The lowest BCUT2D eigenvalue weighted by molar-refractivity contribution is -0.127. The molecule has 2 aliphatic heterocycles. The van der Waals surface area contributed by atoms with Gasteiger partial charge in [0.1, 0.15) is 0 Å². The van der Waals surface area contributed by atoms with E-state index in [1.807, 2.05) is 23.1 Å². The zero-order valence-electron chi connectivity index (χ0n) is 14.7. The number of benzene rings is 1. The van der Waals surface area contributed by atoms with Gasteiger partial charge in [0.2, 0.25) is 11.8 Å². The molecule has 2 aliphatic rings. The Morgan fingerprint density at radius 3 is 2.73 bits per heavy atom. The minimum absolute atomic E-state index is 0.0719. The Kier molecular flexibility index (Phi) is 4.40. The topological polar surface area (TPSA) is 69.7 Å². The average Bonchev–Trinajstić information content (AvgIpc) is 3.25. The van der Waals surface area contributed by atoms with Gasteiger partial charge in [0, 0.05) is 43.7 Å². The maximum atomic E-state index is 13.2. The number of fused-ring (bicyclic) bond motifs is 1. The molecule has 3 heterocycles. The van der Waals surface area contributed by atoms with Crippen molar-refractivity contribution in [3.05, 3.63) is 34.7 Å². The molecular weight excluding hydrogens is 350 g/mol. The monoisotopic (exact) mass is 371 g/mol. The van der Waals surface area contributed by atoms with Crippen LogP contribution in [0.4, 0.5) is 0 Å². The van der Waals surface area contributed by atoms with Crippen LogP contribution in [0.15, 0.2) is 24.3 Å². The summed E-state index contributed by atoms with van der Waals surface area (Å²) < 4.78 is 1.08. The van der Waals surface area contributed by atoms with Gasteiger partial charge < -0.3 is 15.1 Å². The third-order valence-corrected chi connectivity index (χ3v) is 6.37. The van der Waals surface area contributed by atoms with Crippen LogP contribution in [0.5, 0.6) is 0 Å². The molecule has 0 aliphatic carbocycles. The van der Waals surface area contributed by atoms with E-state index in [0.717, 1.165) is 33.5 Å². The minimum atomic E-state index is -0.115. The first-order valence-electron chi connectivity index (χ1n) is 8.87. The van der Waals surface area contributed by atoms with E-state index < -0.39 is 0 Å². The molecule has 0 bridgehead atoms. The summed E-state index contributed by atoms with van der Waals surface area (Å²) in [7, 11) is 0. The summed E-state index contributed by atoms with van der Waals surface area (Å²) in [5, 5.41) is 3.85. The van der Waals surface area contributed by atoms with Gasteiger partial charge in [-0.25, -0.2) is 0 Å². The molecule has 1 N–H and O–H groups in total. The molecule has 1 aromatic carbocycles. The Hall–Kier alpha value is -2.41. The van der Waals surface area contributed by atoms with Crippen LogP contribution in [0, 0.1) is 0 Å². The molecule has 6 nitrogen and oxygen atoms in total. The highest BCUT2D eigenvalue weighted by molar-refractivity contribution is 7.21. The molecule has 26 heavy (non-hydrogen) atoms. The molecule has 0 spiro atoms. The molecular formula is C19H21N3O3S. The fraction of sp³-hybridized carbons (Fsp3) is 0.421. The van der Waals surface area contributed by atoms with Crippen molar-refractivity contribution in [2.24, 2.45) is 0 Å². The lowest BCUT2D eigenvalue weighted by atomic mass is 9.94. The van der Waals surface area contributed by atoms with Gasteiger partial charge in [-0.3, -0.25) is 14.4 Å². The van der Waals surface area contributed by atoms with E-state index in [2.05, 4.69) is 11.4 Å². The zero-order valence-corrected chi connectivity index (χ0v) is 15.5. The van der Waals surface area contributed by atoms with Gasteiger partial charge in [-0.05, 0) is 23.4 Å². The largest absolute Gasteiger partial charge is 0.353 e. The minimum Gasteiger partial charge on any atom is -0.353 e. The van der Waals surface area contributed by atoms with Crippen molar-refractivity contribution < 1.29 is 14.4 Å². The summed E-state index contributed by atoms with van der Waals surface area (Å²) in [6.45, 7) is 4.10. The van der Waals surface area contributed by atoms with Gasteiger partial charge in [-0.1, -0.05) is 18.2 Å². The maximum absolute atomic E-state index is 13.2. The summed E-state index contributed by atoms with van der Waals surface area (Å²) in [4.78, 5) is 40.8. The van der Waals surface area contributed by atoms with Gasteiger partial charge in [0.05, 0.1) is 11.4 Å². The number of thiophene rings is 1. The first kappa shape index (κ1) is 17.0. The number of hydrogen-bond acceptors (Lipinski definition) is 4. The number of likely N-dealkylation sites (tertiary alicyclic amines) is 1. The standard InChI is InChI=1S/C19H21N3O3S/c1-12(23)21-8-6-13(10-21)17-14-4-2-3-5-15(14)26-18(17)19(25)22-9-7-20-16(24)11-22/h2-5,13H,6-11H2,1H3,(H,20,24)/t13-/m1/s1. The van der Waals surface area contributed by atoms with Crippen LogP contribution in [0.25, 0.3) is 10.1 Å². The second-order valence-electron chi connectivity index (χ2n) is 6.87. The van der Waals surface area contributed by atoms with Crippen LogP contribution in [0.1, 0.15) is 34.5 Å². The highest BCUT2D eigenvalue weighted by Crippen LogP contribution is 2.40. The number of hydrogen-bond donors (Lipinski definition) is 1. The fourth-order valence-electron chi connectivity index (χ4n) is 3.87. The third-order valence-electron chi connectivity index (χ3n) is 5.20. The Labute approximate surface area is 155 Å². The highest BCUT2D eigenvalue weighted by atomic mass is 32.1. The number of rotatable bonds is 2. The number of carbonyl (C=O) groups is 3. The third kappa shape index (κ3) is 2.96. The molecule has 0 unspecified atom stereocenters. The molecule has 4 rings (SSSR count). The number of nitrogens with one attached hydrogen (secondary N) is 1. The van der Waals surface area contributed by atoms with Gasteiger partial charge in [-0.2, -0.15) is 0 Å². The van der Waals surface area contributed by atoms with E-state index in [1.165, 1.54) is 11.3 Å². The van der Waals surface area contributed by atoms with E-state index >= 15 is 0 Å². The summed E-state index contributed by atoms with van der Waals surface area (Å²) >= 11 is 1.50. The predicted molar refractivity (Wildman–Crippen MR) is 100 cm³/mol. The number of carbonyl (C=O) groups excluding carboxylic acids is 3. The predicted octanol–water partition coefficient (Wildman–Crippen LogP) is 1.81. The molecule has 2 fully saturated rings. The molecule has 136 valence electrons. The van der Waals surface area contributed by atoms with Gasteiger partial charge >= 0.3 is 0 Å². The van der Waals surface area contributed by atoms with E-state index in [-0.39, 0.29) is 30.2 Å². The van der Waals surface area contributed by atoms with Crippen LogP contribution in [-0.4, -0.2) is 60.2 Å². The van der Waals surface area contributed by atoms with Crippen molar-refractivity contribution >= 4 is 39.1 Å². The van der Waals surface area contributed by atoms with Crippen molar-refractivity contribution in [2.45, 2.75) is 19.3 Å². The first-order chi connectivity index (χ1) is 12.5. The maximum Gasteiger partial charge on any atom is 0.264 e. The fourth-order valence-corrected chi connectivity index (χ4v) is 5.12. The molecule has 2 saturated heterocycles. The summed E-state index contributed by atoms with van der Waals surface area (Å²) in [6, 6.07) is 8.04. The van der Waals surface area contributed by atoms with Crippen molar-refractivity contribution in [1.82, 2.24) is 15.1 Å². The highest BCUT2D eigenvalue weighted by Gasteiger charge is 2.33. The van der Waals surface area contributed by atoms with E-state index in [1.54, 1.807) is 11.8 Å². The Bertz CT molecular complexity index is 891. The van der Waals surface area contributed by atoms with Crippen LogP contribution in [0.3, 0.4) is 0 Å². The van der Waals surface area contributed by atoms with E-state index in [9.17, 15) is 14.4 Å². The summed E-state index contributed by atoms with van der Waals surface area (Å²) in [6.07, 6.45) is 0.862. The van der Waals surface area contributed by atoms with Crippen LogP contribution in [0.2, 0.25) is 0 Å². The van der Waals surface area contributed by atoms with Crippen molar-refractivity contribution in [3.63, 3.8) is 0 Å². The van der Waals surface area contributed by atoms with Gasteiger partial charge in [0.25, 0.3) is 5.91 Å². The Morgan fingerprint density at radius 2 is 2.00 bits per heavy atom. The Balaban J connectivity index is 1.73. The SMILES string of the molecule is CC(=O)N1CC[C@@H](c2c(C(=O)N3CCNC(=O)C3)sc3ccccc23)C1. The molecule has 0 saturated carbocycles. The smallest absolute Gasteiger partial charge is 0.264 e. The van der Waals surface area contributed by atoms with Gasteiger partial charge in [-0.15, -0.1) is 11.3 Å². The van der Waals surface area contributed by atoms with Crippen LogP contribution in [-0.2, 0) is 9.59 Å². The quantitative estimate of drug-likeness (QED) is 0.875. The molecule has 0 radical (unpaired) electrons. The zero-order chi connectivity index (χ0) is 18.3. The lowest BCUT2D eigenvalue weighted by Crippen LogP contribution is -2.50. The van der Waals surface area contributed by atoms with Crippen molar-refractivity contribution in [3.8, 4) is 0 Å². The van der Waals surface area contributed by atoms with Crippen LogP contribution < -0.4 is 5.32 Å². The molecule has 3 amide bonds. The summed E-state index contributed by atoms with van der Waals surface area (Å²) in [5.74, 6) is 0.0495. The molecule has 7 heteroatoms. The van der Waals surface area contributed by atoms with Crippen LogP contribution >= 0.6 is 11.3 Å². The number of piperazine rings is 1.